The highest BCUT2D eigenvalue weighted by atomic mass is 19.1. The number of halogens is 1. The molecule has 2 heteroatoms. The smallest absolute Gasteiger partial charge is 0.127 e. The zero-order chi connectivity index (χ0) is 11.0. The number of aromatic nitrogens is 1. The second-order valence-corrected chi connectivity index (χ2v) is 4.21. The molecule has 0 aliphatic carbocycles. The Morgan fingerprint density at radius 2 is 2.13 bits per heavy atom. The van der Waals surface area contributed by atoms with Crippen LogP contribution in [0.4, 0.5) is 4.39 Å². The molecule has 2 rings (SSSR count). The first kappa shape index (κ1) is 10.2. The molecule has 0 spiro atoms. The second-order valence-electron chi connectivity index (χ2n) is 4.21. The van der Waals surface area contributed by atoms with E-state index >= 15 is 0 Å². The van der Waals surface area contributed by atoms with E-state index in [9.17, 15) is 4.39 Å². The minimum atomic E-state index is -0.0750. The van der Waals surface area contributed by atoms with Gasteiger partial charge >= 0.3 is 0 Å². The zero-order valence-corrected chi connectivity index (χ0v) is 9.39. The SMILES string of the molecule is CCc1cc(F)c(C(C)C)c2cc[nH]c12. The standard InChI is InChI=1S/C13H16FN/c1-4-9-7-11(14)12(8(2)3)10-5-6-15-13(9)10/h5-8,15H,4H2,1-3H3. The van der Waals surface area contributed by atoms with E-state index in [-0.39, 0.29) is 11.7 Å². The molecule has 0 unspecified atom stereocenters. The summed E-state index contributed by atoms with van der Waals surface area (Å²) in [4.78, 5) is 3.19. The van der Waals surface area contributed by atoms with Crippen molar-refractivity contribution < 1.29 is 4.39 Å². The molecule has 0 saturated heterocycles. The van der Waals surface area contributed by atoms with Gasteiger partial charge in [-0.1, -0.05) is 20.8 Å². The predicted octanol–water partition coefficient (Wildman–Crippen LogP) is 3.99. The van der Waals surface area contributed by atoms with Crippen LogP contribution in [0.2, 0.25) is 0 Å². The molecule has 2 aromatic rings. The van der Waals surface area contributed by atoms with E-state index < -0.39 is 0 Å². The van der Waals surface area contributed by atoms with E-state index in [1.165, 1.54) is 0 Å². The predicted molar refractivity (Wildman–Crippen MR) is 61.7 cm³/mol. The van der Waals surface area contributed by atoms with Gasteiger partial charge in [0.15, 0.2) is 0 Å². The maximum Gasteiger partial charge on any atom is 0.127 e. The molecule has 0 radical (unpaired) electrons. The summed E-state index contributed by atoms with van der Waals surface area (Å²) >= 11 is 0. The summed E-state index contributed by atoms with van der Waals surface area (Å²) in [7, 11) is 0. The molecule has 1 aromatic heterocycles. The van der Waals surface area contributed by atoms with Gasteiger partial charge in [0, 0.05) is 17.1 Å². The van der Waals surface area contributed by atoms with Crippen LogP contribution in [0.15, 0.2) is 18.3 Å². The average molecular weight is 205 g/mol. The molecule has 0 aliphatic rings. The van der Waals surface area contributed by atoms with E-state index in [1.807, 2.05) is 33.0 Å². The van der Waals surface area contributed by atoms with Crippen LogP contribution < -0.4 is 0 Å². The molecule has 1 nitrogen and oxygen atoms in total. The third-order valence-electron chi connectivity index (χ3n) is 2.87. The van der Waals surface area contributed by atoms with Gasteiger partial charge in [-0.3, -0.25) is 0 Å². The van der Waals surface area contributed by atoms with Crippen molar-refractivity contribution in [1.29, 1.82) is 0 Å². The minimum absolute atomic E-state index is 0.0750. The average Bonchev–Trinajstić information content (AvgIpc) is 2.63. The largest absolute Gasteiger partial charge is 0.361 e. The molecule has 0 fully saturated rings. The molecular formula is C13H16FN. The lowest BCUT2D eigenvalue weighted by Crippen LogP contribution is -1.97. The molecule has 0 atom stereocenters. The maximum absolute atomic E-state index is 13.9. The van der Waals surface area contributed by atoms with Crippen molar-refractivity contribution >= 4 is 10.9 Å². The van der Waals surface area contributed by atoms with Crippen LogP contribution in [-0.4, -0.2) is 4.98 Å². The van der Waals surface area contributed by atoms with Crippen molar-refractivity contribution in [2.24, 2.45) is 0 Å². The number of nitrogens with one attached hydrogen (secondary N) is 1. The highest BCUT2D eigenvalue weighted by Gasteiger charge is 2.14. The van der Waals surface area contributed by atoms with Crippen molar-refractivity contribution in [2.75, 3.05) is 0 Å². The fourth-order valence-electron chi connectivity index (χ4n) is 2.16. The Kier molecular flexibility index (Phi) is 2.51. The van der Waals surface area contributed by atoms with E-state index in [1.54, 1.807) is 6.07 Å². The number of aryl methyl sites for hydroxylation is 1. The summed E-state index contributed by atoms with van der Waals surface area (Å²) in [6, 6.07) is 3.63. The molecule has 1 N–H and O–H groups in total. The van der Waals surface area contributed by atoms with Gasteiger partial charge in [0.2, 0.25) is 0 Å². The number of fused-ring (bicyclic) bond motifs is 1. The lowest BCUT2D eigenvalue weighted by atomic mass is 9.95. The lowest BCUT2D eigenvalue weighted by molar-refractivity contribution is 0.600. The van der Waals surface area contributed by atoms with E-state index in [4.69, 9.17) is 0 Å². The molecular weight excluding hydrogens is 189 g/mol. The first-order valence-electron chi connectivity index (χ1n) is 5.43. The number of hydrogen-bond donors (Lipinski definition) is 1. The normalized spacial score (nSPS) is 11.5. The Hall–Kier alpha value is -1.31. The number of rotatable bonds is 2. The zero-order valence-electron chi connectivity index (χ0n) is 9.39. The Morgan fingerprint density at radius 3 is 2.73 bits per heavy atom. The van der Waals surface area contributed by atoms with Crippen LogP contribution >= 0.6 is 0 Å². The molecule has 1 aromatic carbocycles. The first-order valence-corrected chi connectivity index (χ1v) is 5.43. The molecule has 0 saturated carbocycles. The summed E-state index contributed by atoms with van der Waals surface area (Å²) < 4.78 is 13.9. The van der Waals surface area contributed by atoms with E-state index in [2.05, 4.69) is 4.98 Å². The number of aromatic amines is 1. The molecule has 15 heavy (non-hydrogen) atoms. The first-order chi connectivity index (χ1) is 7.15. The van der Waals surface area contributed by atoms with E-state index in [0.29, 0.717) is 0 Å². The monoisotopic (exact) mass is 205 g/mol. The number of hydrogen-bond acceptors (Lipinski definition) is 0. The number of H-pyrrole nitrogens is 1. The van der Waals surface area contributed by atoms with Gasteiger partial charge in [0.05, 0.1) is 0 Å². The van der Waals surface area contributed by atoms with Gasteiger partial charge in [0.1, 0.15) is 5.82 Å². The van der Waals surface area contributed by atoms with Crippen LogP contribution in [-0.2, 0) is 6.42 Å². The Labute approximate surface area is 89.3 Å². The summed E-state index contributed by atoms with van der Waals surface area (Å²) in [5, 5.41) is 1.03. The van der Waals surface area contributed by atoms with Crippen molar-refractivity contribution in [3.63, 3.8) is 0 Å². The van der Waals surface area contributed by atoms with Crippen molar-refractivity contribution in [2.45, 2.75) is 33.1 Å². The molecule has 0 bridgehead atoms. The summed E-state index contributed by atoms with van der Waals surface area (Å²) in [5.74, 6) is 0.142. The van der Waals surface area contributed by atoms with Crippen LogP contribution in [0.25, 0.3) is 10.9 Å². The van der Waals surface area contributed by atoms with Crippen molar-refractivity contribution in [3.05, 3.63) is 35.3 Å². The lowest BCUT2D eigenvalue weighted by Gasteiger charge is -2.11. The highest BCUT2D eigenvalue weighted by Crippen LogP contribution is 2.30. The molecule has 0 aliphatic heterocycles. The van der Waals surface area contributed by atoms with Gasteiger partial charge in [-0.2, -0.15) is 0 Å². The Balaban J connectivity index is 2.81. The summed E-state index contributed by atoms with van der Waals surface area (Å²) in [6.07, 6.45) is 2.74. The van der Waals surface area contributed by atoms with Gasteiger partial charge in [-0.25, -0.2) is 4.39 Å². The molecule has 1 heterocycles. The Morgan fingerprint density at radius 1 is 1.40 bits per heavy atom. The quantitative estimate of drug-likeness (QED) is 0.763. The molecule has 0 amide bonds. The van der Waals surface area contributed by atoms with Gasteiger partial charge in [0.25, 0.3) is 0 Å². The van der Waals surface area contributed by atoms with Crippen LogP contribution in [0.3, 0.4) is 0 Å². The molecule has 80 valence electrons. The van der Waals surface area contributed by atoms with Crippen LogP contribution in [0, 0.1) is 5.82 Å². The Bertz CT molecular complexity index is 482. The summed E-state index contributed by atoms with van der Waals surface area (Å²) in [5.41, 5.74) is 2.96. The third kappa shape index (κ3) is 1.54. The van der Waals surface area contributed by atoms with Gasteiger partial charge in [-0.15, -0.1) is 0 Å². The van der Waals surface area contributed by atoms with Crippen molar-refractivity contribution in [3.8, 4) is 0 Å². The summed E-state index contributed by atoms with van der Waals surface area (Å²) in [6.45, 7) is 6.09. The third-order valence-corrected chi connectivity index (χ3v) is 2.87. The minimum Gasteiger partial charge on any atom is -0.361 e. The van der Waals surface area contributed by atoms with E-state index in [0.717, 1.165) is 28.5 Å². The van der Waals surface area contributed by atoms with Crippen molar-refractivity contribution in [1.82, 2.24) is 4.98 Å². The topological polar surface area (TPSA) is 15.8 Å². The highest BCUT2D eigenvalue weighted by molar-refractivity contribution is 5.86. The number of benzene rings is 1. The maximum atomic E-state index is 13.9. The second kappa shape index (κ2) is 3.69. The fraction of sp³-hybridized carbons (Fsp3) is 0.385. The fourth-order valence-corrected chi connectivity index (χ4v) is 2.16. The van der Waals surface area contributed by atoms with Gasteiger partial charge < -0.3 is 4.98 Å². The van der Waals surface area contributed by atoms with Crippen LogP contribution in [0.5, 0.6) is 0 Å². The van der Waals surface area contributed by atoms with Gasteiger partial charge in [-0.05, 0) is 35.6 Å². The van der Waals surface area contributed by atoms with Crippen LogP contribution in [0.1, 0.15) is 37.8 Å².